The molecule has 0 spiro atoms. The first-order chi connectivity index (χ1) is 11.4. The topological polar surface area (TPSA) is 105 Å². The van der Waals surface area contributed by atoms with Gasteiger partial charge in [0.1, 0.15) is 12.4 Å². The van der Waals surface area contributed by atoms with Gasteiger partial charge in [-0.1, -0.05) is 23.8 Å². The number of ether oxygens (including phenoxy) is 2. The van der Waals surface area contributed by atoms with E-state index in [0.717, 1.165) is 31.9 Å². The van der Waals surface area contributed by atoms with E-state index in [1.807, 2.05) is 12.1 Å². The third-order valence-corrected chi connectivity index (χ3v) is 2.78. The number of benzene rings is 1. The zero-order chi connectivity index (χ0) is 18.4. The third-order valence-electron chi connectivity index (χ3n) is 2.78. The fraction of sp³-hybridized carbons (Fsp3) is 0.412. The Balaban J connectivity index is 0.000000754. The lowest BCUT2D eigenvalue weighted by Gasteiger charge is -2.11. The summed E-state index contributed by atoms with van der Waals surface area (Å²) < 4.78 is 10.7. The molecule has 0 aliphatic heterocycles. The minimum absolute atomic E-state index is 0.664. The number of methoxy groups -OCH3 is 1. The largest absolute Gasteiger partial charge is 0.492 e. The SMILES string of the molecule is C=CCc1cc(C)ccc1OCCNCCOC.O=C(O)C(=O)O. The molecule has 0 amide bonds. The highest BCUT2D eigenvalue weighted by Gasteiger charge is 2.04. The average molecular weight is 339 g/mol. The van der Waals surface area contributed by atoms with Crippen LogP contribution >= 0.6 is 0 Å². The number of allylic oxidation sites excluding steroid dienone is 1. The number of hydrogen-bond donors (Lipinski definition) is 3. The molecule has 0 heterocycles. The number of aliphatic carboxylic acids is 2. The zero-order valence-corrected chi connectivity index (χ0v) is 14.1. The summed E-state index contributed by atoms with van der Waals surface area (Å²) in [5.74, 6) is -2.70. The monoisotopic (exact) mass is 339 g/mol. The zero-order valence-electron chi connectivity index (χ0n) is 14.1. The second kappa shape index (κ2) is 13.1. The number of hydrogen-bond acceptors (Lipinski definition) is 5. The maximum absolute atomic E-state index is 9.10. The van der Waals surface area contributed by atoms with Crippen LogP contribution in [-0.4, -0.2) is 55.6 Å². The number of carboxylic acids is 2. The molecule has 1 aromatic rings. The van der Waals surface area contributed by atoms with Crippen molar-refractivity contribution in [3.8, 4) is 5.75 Å². The Labute approximate surface area is 141 Å². The Morgan fingerprint density at radius 1 is 1.21 bits per heavy atom. The maximum atomic E-state index is 9.10. The lowest BCUT2D eigenvalue weighted by molar-refractivity contribution is -0.159. The van der Waals surface area contributed by atoms with Gasteiger partial charge in [0.05, 0.1) is 6.61 Å². The second-order valence-electron chi connectivity index (χ2n) is 4.81. The van der Waals surface area contributed by atoms with Crippen LogP contribution in [0.25, 0.3) is 0 Å². The summed E-state index contributed by atoms with van der Waals surface area (Å²) in [4.78, 5) is 18.2. The fourth-order valence-electron chi connectivity index (χ4n) is 1.70. The van der Waals surface area contributed by atoms with E-state index in [9.17, 15) is 0 Å². The van der Waals surface area contributed by atoms with Crippen molar-refractivity contribution in [2.45, 2.75) is 13.3 Å². The molecule has 0 bridgehead atoms. The average Bonchev–Trinajstić information content (AvgIpc) is 2.53. The Hall–Kier alpha value is -2.38. The number of carbonyl (C=O) groups is 2. The predicted molar refractivity (Wildman–Crippen MR) is 90.6 cm³/mol. The van der Waals surface area contributed by atoms with E-state index < -0.39 is 11.9 Å². The third kappa shape index (κ3) is 10.4. The molecule has 0 aliphatic rings. The van der Waals surface area contributed by atoms with Crippen molar-refractivity contribution in [3.63, 3.8) is 0 Å². The van der Waals surface area contributed by atoms with E-state index in [-0.39, 0.29) is 0 Å². The lowest BCUT2D eigenvalue weighted by Crippen LogP contribution is -2.24. The summed E-state index contributed by atoms with van der Waals surface area (Å²) >= 11 is 0. The van der Waals surface area contributed by atoms with Crippen LogP contribution in [0.15, 0.2) is 30.9 Å². The molecule has 7 heteroatoms. The van der Waals surface area contributed by atoms with Crippen molar-refractivity contribution in [2.24, 2.45) is 0 Å². The summed E-state index contributed by atoms with van der Waals surface area (Å²) in [6.45, 7) is 8.93. The van der Waals surface area contributed by atoms with Crippen molar-refractivity contribution in [2.75, 3.05) is 33.4 Å². The molecule has 0 fully saturated rings. The summed E-state index contributed by atoms with van der Waals surface area (Å²) in [6, 6.07) is 6.25. The molecule has 0 saturated carbocycles. The van der Waals surface area contributed by atoms with Gasteiger partial charge >= 0.3 is 11.9 Å². The van der Waals surface area contributed by atoms with Crippen molar-refractivity contribution < 1.29 is 29.3 Å². The summed E-state index contributed by atoms with van der Waals surface area (Å²) in [5, 5.41) is 18.0. The highest BCUT2D eigenvalue weighted by molar-refractivity contribution is 6.27. The van der Waals surface area contributed by atoms with Crippen LogP contribution in [0.3, 0.4) is 0 Å². The molecule has 1 rings (SSSR count). The highest BCUT2D eigenvalue weighted by Crippen LogP contribution is 2.20. The van der Waals surface area contributed by atoms with Crippen molar-refractivity contribution in [1.82, 2.24) is 5.32 Å². The first-order valence-electron chi connectivity index (χ1n) is 7.41. The molecule has 7 nitrogen and oxygen atoms in total. The van der Waals surface area contributed by atoms with Crippen LogP contribution < -0.4 is 10.1 Å². The van der Waals surface area contributed by atoms with Crippen LogP contribution in [0.1, 0.15) is 11.1 Å². The molecule has 24 heavy (non-hydrogen) atoms. The van der Waals surface area contributed by atoms with Crippen molar-refractivity contribution >= 4 is 11.9 Å². The Morgan fingerprint density at radius 2 is 1.83 bits per heavy atom. The Morgan fingerprint density at radius 3 is 2.38 bits per heavy atom. The van der Waals surface area contributed by atoms with E-state index in [1.165, 1.54) is 11.1 Å². The van der Waals surface area contributed by atoms with E-state index in [2.05, 4.69) is 31.0 Å². The van der Waals surface area contributed by atoms with Gasteiger partial charge in [0.25, 0.3) is 0 Å². The fourth-order valence-corrected chi connectivity index (χ4v) is 1.70. The number of nitrogens with one attached hydrogen (secondary N) is 1. The standard InChI is InChI=1S/C15H23NO2.C2H2O4/c1-4-5-14-12-13(2)6-7-15(14)18-11-9-16-8-10-17-3;3-1(4)2(5)6/h4,6-7,12,16H,1,5,8-11H2,2-3H3;(H,3,4)(H,5,6). The molecule has 3 N–H and O–H groups in total. The van der Waals surface area contributed by atoms with Crippen LogP contribution in [0, 0.1) is 6.92 Å². The van der Waals surface area contributed by atoms with E-state index in [0.29, 0.717) is 6.61 Å². The summed E-state index contributed by atoms with van der Waals surface area (Å²) in [6.07, 6.45) is 2.74. The van der Waals surface area contributed by atoms with E-state index >= 15 is 0 Å². The Bertz CT molecular complexity index is 518. The molecule has 134 valence electrons. The summed E-state index contributed by atoms with van der Waals surface area (Å²) in [5.41, 5.74) is 2.44. The van der Waals surface area contributed by atoms with Crippen molar-refractivity contribution in [3.05, 3.63) is 42.0 Å². The molecule has 0 saturated heterocycles. The van der Waals surface area contributed by atoms with Gasteiger partial charge in [-0.05, 0) is 25.0 Å². The predicted octanol–water partition coefficient (Wildman–Crippen LogP) is 1.49. The van der Waals surface area contributed by atoms with Gasteiger partial charge in [0.15, 0.2) is 0 Å². The molecule has 0 aliphatic carbocycles. The first kappa shape index (κ1) is 21.6. The van der Waals surface area contributed by atoms with Gasteiger partial charge in [0.2, 0.25) is 0 Å². The van der Waals surface area contributed by atoms with Crippen LogP contribution in [0.5, 0.6) is 5.75 Å². The van der Waals surface area contributed by atoms with Gasteiger partial charge in [-0.15, -0.1) is 6.58 Å². The highest BCUT2D eigenvalue weighted by atomic mass is 16.5. The number of rotatable bonds is 9. The lowest BCUT2D eigenvalue weighted by atomic mass is 10.1. The van der Waals surface area contributed by atoms with Gasteiger partial charge in [-0.3, -0.25) is 0 Å². The maximum Gasteiger partial charge on any atom is 0.414 e. The normalized spacial score (nSPS) is 9.58. The Kier molecular flexibility index (Phi) is 11.8. The van der Waals surface area contributed by atoms with Gasteiger partial charge < -0.3 is 25.0 Å². The van der Waals surface area contributed by atoms with Crippen LogP contribution in [0.2, 0.25) is 0 Å². The molecule has 0 atom stereocenters. The minimum atomic E-state index is -1.82. The molecule has 1 aromatic carbocycles. The first-order valence-corrected chi connectivity index (χ1v) is 7.41. The smallest absolute Gasteiger partial charge is 0.414 e. The van der Waals surface area contributed by atoms with E-state index in [4.69, 9.17) is 29.3 Å². The second-order valence-corrected chi connectivity index (χ2v) is 4.81. The molecule has 0 aromatic heterocycles. The number of aryl methyl sites for hydroxylation is 1. The van der Waals surface area contributed by atoms with Crippen molar-refractivity contribution in [1.29, 1.82) is 0 Å². The molecular weight excluding hydrogens is 314 g/mol. The molecule has 0 unspecified atom stereocenters. The molecular formula is C17H25NO6. The number of carboxylic acid groups (broad SMARTS) is 2. The van der Waals surface area contributed by atoms with Gasteiger partial charge in [-0.25, -0.2) is 9.59 Å². The van der Waals surface area contributed by atoms with Crippen LogP contribution in [-0.2, 0) is 20.7 Å². The van der Waals surface area contributed by atoms with Gasteiger partial charge in [-0.2, -0.15) is 0 Å². The quantitative estimate of drug-likeness (QED) is 0.356. The molecule has 0 radical (unpaired) electrons. The summed E-state index contributed by atoms with van der Waals surface area (Å²) in [7, 11) is 1.70. The van der Waals surface area contributed by atoms with E-state index in [1.54, 1.807) is 7.11 Å². The van der Waals surface area contributed by atoms with Gasteiger partial charge in [0, 0.05) is 20.2 Å². The van der Waals surface area contributed by atoms with Crippen LogP contribution in [0.4, 0.5) is 0 Å². The minimum Gasteiger partial charge on any atom is -0.492 e.